The van der Waals surface area contributed by atoms with Gasteiger partial charge in [0.2, 0.25) is 0 Å². The monoisotopic (exact) mass is 412 g/mol. The average molecular weight is 414 g/mol. The Labute approximate surface area is 140 Å². The van der Waals surface area contributed by atoms with E-state index in [0.717, 1.165) is 43.6 Å². The van der Waals surface area contributed by atoms with Crippen LogP contribution in [0.25, 0.3) is 0 Å². The van der Waals surface area contributed by atoms with Crippen LogP contribution < -0.4 is 9.47 Å². The number of methoxy groups -OCH3 is 1. The molecule has 0 saturated carbocycles. The van der Waals surface area contributed by atoms with Crippen LogP contribution in [0.3, 0.4) is 0 Å². The van der Waals surface area contributed by atoms with Crippen molar-refractivity contribution in [2.45, 2.75) is 12.5 Å². The van der Waals surface area contributed by atoms with Crippen LogP contribution in [0.15, 0.2) is 39.3 Å². The zero-order valence-electron chi connectivity index (χ0n) is 11.4. The molecule has 0 fully saturated rings. The number of aliphatic hydroxyl groups excluding tert-OH is 1. The van der Waals surface area contributed by atoms with Gasteiger partial charge in [-0.05, 0) is 51.3 Å². The van der Waals surface area contributed by atoms with Crippen LogP contribution in [-0.2, 0) is 6.42 Å². The van der Waals surface area contributed by atoms with Gasteiger partial charge in [-0.1, -0.05) is 22.0 Å². The molecule has 2 aromatic rings. The number of aliphatic hydroxyl groups is 1. The van der Waals surface area contributed by atoms with Gasteiger partial charge in [-0.25, -0.2) is 0 Å². The Bertz CT molecular complexity index is 685. The van der Waals surface area contributed by atoms with E-state index in [1.807, 2.05) is 30.3 Å². The first kappa shape index (κ1) is 14.9. The lowest BCUT2D eigenvalue weighted by Gasteiger charge is -2.16. The van der Waals surface area contributed by atoms with E-state index in [0.29, 0.717) is 6.61 Å². The maximum absolute atomic E-state index is 10.7. The first-order valence-electron chi connectivity index (χ1n) is 6.56. The van der Waals surface area contributed by atoms with Crippen molar-refractivity contribution in [3.8, 4) is 11.5 Å². The van der Waals surface area contributed by atoms with Gasteiger partial charge in [0.05, 0.1) is 18.2 Å². The first-order valence-corrected chi connectivity index (χ1v) is 8.15. The molecule has 0 aliphatic carbocycles. The van der Waals surface area contributed by atoms with Crippen LogP contribution in [-0.4, -0.2) is 18.8 Å². The topological polar surface area (TPSA) is 38.7 Å². The van der Waals surface area contributed by atoms with Gasteiger partial charge in [-0.2, -0.15) is 0 Å². The van der Waals surface area contributed by atoms with E-state index in [4.69, 9.17) is 9.47 Å². The molecule has 1 unspecified atom stereocenters. The highest BCUT2D eigenvalue weighted by molar-refractivity contribution is 9.10. The molecule has 5 heteroatoms. The molecule has 0 amide bonds. The van der Waals surface area contributed by atoms with Crippen LogP contribution in [0, 0.1) is 0 Å². The minimum Gasteiger partial charge on any atom is -0.496 e. The number of hydrogen-bond donors (Lipinski definition) is 1. The fourth-order valence-corrected chi connectivity index (χ4v) is 3.61. The summed E-state index contributed by atoms with van der Waals surface area (Å²) in [6, 6.07) is 9.51. The molecule has 1 heterocycles. The highest BCUT2D eigenvalue weighted by Crippen LogP contribution is 2.39. The van der Waals surface area contributed by atoms with Crippen molar-refractivity contribution in [3.05, 3.63) is 56.0 Å². The molecule has 1 aliphatic heterocycles. The van der Waals surface area contributed by atoms with Crippen LogP contribution >= 0.6 is 31.9 Å². The third kappa shape index (κ3) is 2.82. The Morgan fingerprint density at radius 1 is 1.24 bits per heavy atom. The van der Waals surface area contributed by atoms with Gasteiger partial charge in [-0.15, -0.1) is 0 Å². The van der Waals surface area contributed by atoms with Crippen LogP contribution in [0.5, 0.6) is 11.5 Å². The summed E-state index contributed by atoms with van der Waals surface area (Å²) in [5.74, 6) is 1.54. The molecule has 3 nitrogen and oxygen atoms in total. The predicted molar refractivity (Wildman–Crippen MR) is 88.1 cm³/mol. The Kier molecular flexibility index (Phi) is 4.24. The Morgan fingerprint density at radius 3 is 2.76 bits per heavy atom. The zero-order chi connectivity index (χ0) is 15.0. The van der Waals surface area contributed by atoms with Gasteiger partial charge in [0.1, 0.15) is 17.6 Å². The van der Waals surface area contributed by atoms with E-state index in [1.54, 1.807) is 7.11 Å². The Morgan fingerprint density at radius 2 is 2.05 bits per heavy atom. The molecule has 0 aromatic heterocycles. The Hall–Kier alpha value is -1.04. The summed E-state index contributed by atoms with van der Waals surface area (Å²) in [5, 5.41) is 10.7. The van der Waals surface area contributed by atoms with Crippen molar-refractivity contribution in [2.75, 3.05) is 13.7 Å². The molecular weight excluding hydrogens is 400 g/mol. The highest BCUT2D eigenvalue weighted by Gasteiger charge is 2.23. The molecule has 0 bridgehead atoms. The normalized spacial score (nSPS) is 14.5. The van der Waals surface area contributed by atoms with Gasteiger partial charge >= 0.3 is 0 Å². The lowest BCUT2D eigenvalue weighted by atomic mass is 9.98. The van der Waals surface area contributed by atoms with Crippen LogP contribution in [0.1, 0.15) is 22.8 Å². The number of rotatable bonds is 3. The van der Waals surface area contributed by atoms with E-state index >= 15 is 0 Å². The second kappa shape index (κ2) is 5.99. The summed E-state index contributed by atoms with van der Waals surface area (Å²) in [4.78, 5) is 0. The quantitative estimate of drug-likeness (QED) is 0.817. The second-order valence-electron chi connectivity index (χ2n) is 4.88. The van der Waals surface area contributed by atoms with Crippen molar-refractivity contribution < 1.29 is 14.6 Å². The number of halogens is 2. The number of hydrogen-bond acceptors (Lipinski definition) is 3. The lowest BCUT2D eigenvalue weighted by Crippen LogP contribution is -2.03. The Balaban J connectivity index is 2.03. The average Bonchev–Trinajstić information content (AvgIpc) is 2.93. The summed E-state index contributed by atoms with van der Waals surface area (Å²) < 4.78 is 12.7. The summed E-state index contributed by atoms with van der Waals surface area (Å²) in [6.45, 7) is 0.664. The van der Waals surface area contributed by atoms with Crippen molar-refractivity contribution in [2.24, 2.45) is 0 Å². The minimum atomic E-state index is -0.739. The molecule has 1 aliphatic rings. The van der Waals surface area contributed by atoms with E-state index in [2.05, 4.69) is 31.9 Å². The van der Waals surface area contributed by atoms with Gasteiger partial charge in [-0.3, -0.25) is 0 Å². The van der Waals surface area contributed by atoms with Crippen molar-refractivity contribution in [1.29, 1.82) is 0 Å². The van der Waals surface area contributed by atoms with E-state index in [9.17, 15) is 5.11 Å². The lowest BCUT2D eigenvalue weighted by molar-refractivity contribution is 0.213. The zero-order valence-corrected chi connectivity index (χ0v) is 14.6. The SMILES string of the molecule is COc1ccc(C(O)c2cc(Br)cc3c2OCC3)cc1Br. The van der Waals surface area contributed by atoms with Gasteiger partial charge < -0.3 is 14.6 Å². The van der Waals surface area contributed by atoms with Gasteiger partial charge in [0.25, 0.3) is 0 Å². The molecule has 3 rings (SSSR count). The largest absolute Gasteiger partial charge is 0.496 e. The second-order valence-corrected chi connectivity index (χ2v) is 6.65. The van der Waals surface area contributed by atoms with E-state index in [1.165, 1.54) is 0 Å². The molecule has 21 heavy (non-hydrogen) atoms. The maximum atomic E-state index is 10.7. The summed E-state index contributed by atoms with van der Waals surface area (Å²) in [6.07, 6.45) is 0.136. The molecule has 0 radical (unpaired) electrons. The van der Waals surface area contributed by atoms with E-state index < -0.39 is 6.10 Å². The smallest absolute Gasteiger partial charge is 0.133 e. The van der Waals surface area contributed by atoms with Crippen molar-refractivity contribution in [3.63, 3.8) is 0 Å². The summed E-state index contributed by atoms with van der Waals surface area (Å²) in [5.41, 5.74) is 2.71. The molecule has 1 N–H and O–H groups in total. The number of fused-ring (bicyclic) bond motifs is 1. The fourth-order valence-electron chi connectivity index (χ4n) is 2.53. The van der Waals surface area contributed by atoms with Gasteiger partial charge in [0, 0.05) is 16.5 Å². The third-order valence-corrected chi connectivity index (χ3v) is 4.64. The summed E-state index contributed by atoms with van der Waals surface area (Å²) >= 11 is 6.95. The van der Waals surface area contributed by atoms with Crippen LogP contribution in [0.2, 0.25) is 0 Å². The van der Waals surface area contributed by atoms with Crippen molar-refractivity contribution >= 4 is 31.9 Å². The maximum Gasteiger partial charge on any atom is 0.133 e. The highest BCUT2D eigenvalue weighted by atomic mass is 79.9. The molecular formula is C16H14Br2O3. The third-order valence-electron chi connectivity index (χ3n) is 3.56. The number of benzene rings is 2. The summed E-state index contributed by atoms with van der Waals surface area (Å²) in [7, 11) is 1.62. The predicted octanol–water partition coefficient (Wildman–Crippen LogP) is 4.24. The molecule has 1 atom stereocenters. The van der Waals surface area contributed by atoms with E-state index in [-0.39, 0.29) is 0 Å². The minimum absolute atomic E-state index is 0.664. The molecule has 110 valence electrons. The first-order chi connectivity index (χ1) is 10.1. The molecule has 0 spiro atoms. The van der Waals surface area contributed by atoms with Gasteiger partial charge in [0.15, 0.2) is 0 Å². The molecule has 2 aromatic carbocycles. The standard InChI is InChI=1S/C16H14Br2O3/c1-20-14-3-2-9(7-13(14)18)15(19)12-8-11(17)6-10-4-5-21-16(10)12/h2-3,6-8,15,19H,4-5H2,1H3. The van der Waals surface area contributed by atoms with Crippen molar-refractivity contribution in [1.82, 2.24) is 0 Å². The van der Waals surface area contributed by atoms with Crippen LogP contribution in [0.4, 0.5) is 0 Å². The fraction of sp³-hybridized carbons (Fsp3) is 0.250. The number of ether oxygens (including phenoxy) is 2. The molecule has 0 saturated heterocycles.